The van der Waals surface area contributed by atoms with E-state index in [4.69, 9.17) is 0 Å². The highest BCUT2D eigenvalue weighted by atomic mass is 32.2. The van der Waals surface area contributed by atoms with Crippen molar-refractivity contribution in [2.24, 2.45) is 5.92 Å². The summed E-state index contributed by atoms with van der Waals surface area (Å²) in [5.41, 5.74) is 0.598. The van der Waals surface area contributed by atoms with E-state index in [1.165, 1.54) is 24.0 Å². The number of sulfone groups is 1. The number of benzene rings is 1. The highest BCUT2D eigenvalue weighted by Crippen LogP contribution is 2.29. The smallest absolute Gasteiger partial charge is 0.249 e. The van der Waals surface area contributed by atoms with Crippen molar-refractivity contribution < 1.29 is 18.0 Å². The maximum atomic E-state index is 12.8. The quantitative estimate of drug-likeness (QED) is 0.875. The largest absolute Gasteiger partial charge is 0.344 e. The van der Waals surface area contributed by atoms with Crippen LogP contribution in [-0.2, 0) is 19.4 Å². The highest BCUT2D eigenvalue weighted by Gasteiger charge is 2.33. The van der Waals surface area contributed by atoms with Gasteiger partial charge >= 0.3 is 0 Å². The molecule has 1 atom stereocenters. The summed E-state index contributed by atoms with van der Waals surface area (Å²) in [6.07, 6.45) is 5.14. The first-order valence-electron chi connectivity index (χ1n) is 8.05. The van der Waals surface area contributed by atoms with Crippen LogP contribution in [0.5, 0.6) is 0 Å². The molecular weight excluding hydrogens is 328 g/mol. The number of nitrogens with zero attached hydrogens (tertiary/aromatic N) is 1. The Hall–Kier alpha value is -1.89. The Kier molecular flexibility index (Phi) is 5.64. The summed E-state index contributed by atoms with van der Waals surface area (Å²) in [7, 11) is -1.63. The Bertz CT molecular complexity index is 707. The van der Waals surface area contributed by atoms with Crippen LogP contribution in [0.25, 0.3) is 0 Å². The van der Waals surface area contributed by atoms with Crippen molar-refractivity contribution in [3.05, 3.63) is 24.3 Å². The third kappa shape index (κ3) is 4.35. The van der Waals surface area contributed by atoms with Crippen LogP contribution in [0, 0.1) is 5.92 Å². The molecule has 0 aromatic heterocycles. The van der Waals surface area contributed by atoms with Crippen LogP contribution in [0.3, 0.4) is 0 Å². The Morgan fingerprint density at radius 3 is 2.17 bits per heavy atom. The Labute approximate surface area is 143 Å². The van der Waals surface area contributed by atoms with E-state index in [1.54, 1.807) is 19.2 Å². The molecule has 24 heavy (non-hydrogen) atoms. The second-order valence-corrected chi connectivity index (χ2v) is 8.40. The zero-order valence-electron chi connectivity index (χ0n) is 14.3. The summed E-state index contributed by atoms with van der Waals surface area (Å²) in [5, 5.41) is 2.78. The van der Waals surface area contributed by atoms with Crippen molar-refractivity contribution in [2.45, 2.75) is 43.5 Å². The van der Waals surface area contributed by atoms with Gasteiger partial charge in [-0.3, -0.25) is 9.59 Å². The molecule has 0 radical (unpaired) electrons. The lowest BCUT2D eigenvalue weighted by atomic mass is 9.96. The third-order valence-electron chi connectivity index (χ3n) is 4.48. The van der Waals surface area contributed by atoms with E-state index < -0.39 is 15.9 Å². The van der Waals surface area contributed by atoms with E-state index in [0.717, 1.165) is 31.9 Å². The van der Waals surface area contributed by atoms with Crippen LogP contribution in [0.2, 0.25) is 0 Å². The molecule has 132 valence electrons. The minimum Gasteiger partial charge on any atom is -0.344 e. The lowest BCUT2D eigenvalue weighted by molar-refractivity contribution is -0.127. The van der Waals surface area contributed by atoms with Crippen LogP contribution >= 0.6 is 0 Å². The van der Waals surface area contributed by atoms with Crippen molar-refractivity contribution in [3.8, 4) is 0 Å². The lowest BCUT2D eigenvalue weighted by Gasteiger charge is -2.28. The van der Waals surface area contributed by atoms with E-state index in [-0.39, 0.29) is 22.6 Å². The number of carbonyl (C=O) groups excluding carboxylic acids is 2. The molecule has 0 heterocycles. The van der Waals surface area contributed by atoms with Crippen molar-refractivity contribution in [2.75, 3.05) is 18.2 Å². The fraction of sp³-hybridized carbons (Fsp3) is 0.529. The number of amides is 2. The molecule has 6 nitrogen and oxygen atoms in total. The SMILES string of the molecule is CC(=O)NC(C(=O)N(C)c1ccc(S(C)(=O)=O)cc1)C1CCCC1. The molecule has 1 N–H and O–H groups in total. The van der Waals surface area contributed by atoms with Crippen LogP contribution in [0.15, 0.2) is 29.2 Å². The minimum atomic E-state index is -3.27. The monoisotopic (exact) mass is 352 g/mol. The van der Waals surface area contributed by atoms with Gasteiger partial charge in [0.05, 0.1) is 4.90 Å². The average Bonchev–Trinajstić information content (AvgIpc) is 3.04. The number of carbonyl (C=O) groups is 2. The van der Waals surface area contributed by atoms with Crippen molar-refractivity contribution in [1.82, 2.24) is 5.32 Å². The number of likely N-dealkylation sites (N-methyl/N-ethyl adjacent to an activating group) is 1. The number of nitrogens with one attached hydrogen (secondary N) is 1. The predicted molar refractivity (Wildman–Crippen MR) is 92.5 cm³/mol. The van der Waals surface area contributed by atoms with Gasteiger partial charge in [-0.2, -0.15) is 0 Å². The fourth-order valence-corrected chi connectivity index (χ4v) is 3.77. The van der Waals surface area contributed by atoms with Gasteiger partial charge in [0.2, 0.25) is 11.8 Å². The van der Waals surface area contributed by atoms with E-state index in [9.17, 15) is 18.0 Å². The fourth-order valence-electron chi connectivity index (χ4n) is 3.14. The number of anilines is 1. The summed E-state index contributed by atoms with van der Waals surface area (Å²) in [4.78, 5) is 26.0. The van der Waals surface area contributed by atoms with Gasteiger partial charge in [-0.25, -0.2) is 8.42 Å². The summed E-state index contributed by atoms with van der Waals surface area (Å²) in [6, 6.07) is 5.64. The molecule has 0 saturated heterocycles. The molecule has 0 bridgehead atoms. The van der Waals surface area contributed by atoms with Gasteiger partial charge in [0, 0.05) is 25.9 Å². The van der Waals surface area contributed by atoms with Crippen LogP contribution in [0.1, 0.15) is 32.6 Å². The van der Waals surface area contributed by atoms with Gasteiger partial charge in [0.1, 0.15) is 6.04 Å². The molecule has 7 heteroatoms. The topological polar surface area (TPSA) is 83.6 Å². The molecular formula is C17H24N2O4S. The first-order chi connectivity index (χ1) is 11.2. The summed E-state index contributed by atoms with van der Waals surface area (Å²) in [6.45, 7) is 1.41. The van der Waals surface area contributed by atoms with Crippen LogP contribution in [-0.4, -0.2) is 39.6 Å². The Balaban J connectivity index is 2.20. The second kappa shape index (κ2) is 7.34. The van der Waals surface area contributed by atoms with E-state index in [2.05, 4.69) is 5.32 Å². The van der Waals surface area contributed by atoms with Crippen molar-refractivity contribution in [3.63, 3.8) is 0 Å². The molecule has 1 unspecified atom stereocenters. The van der Waals surface area contributed by atoms with Crippen LogP contribution < -0.4 is 10.2 Å². The molecule has 1 fully saturated rings. The first-order valence-corrected chi connectivity index (χ1v) is 9.94. The molecule has 2 amide bonds. The first kappa shape index (κ1) is 18.4. The van der Waals surface area contributed by atoms with Gasteiger partial charge in [0.25, 0.3) is 0 Å². The van der Waals surface area contributed by atoms with Gasteiger partial charge in [-0.15, -0.1) is 0 Å². The van der Waals surface area contributed by atoms with Gasteiger partial charge in [-0.1, -0.05) is 12.8 Å². The predicted octanol–water partition coefficient (Wildman–Crippen LogP) is 1.75. The summed E-state index contributed by atoms with van der Waals surface area (Å²) < 4.78 is 23.0. The van der Waals surface area contributed by atoms with Gasteiger partial charge in [-0.05, 0) is 43.0 Å². The highest BCUT2D eigenvalue weighted by molar-refractivity contribution is 7.90. The molecule has 2 rings (SSSR count). The third-order valence-corrected chi connectivity index (χ3v) is 5.61. The zero-order valence-corrected chi connectivity index (χ0v) is 15.1. The van der Waals surface area contributed by atoms with E-state index in [1.807, 2.05) is 0 Å². The normalized spacial score (nSPS) is 16.6. The zero-order chi connectivity index (χ0) is 17.9. The molecule has 0 spiro atoms. The molecule has 1 aromatic rings. The maximum absolute atomic E-state index is 12.8. The molecule has 1 aliphatic rings. The standard InChI is InChI=1S/C17H24N2O4S/c1-12(20)18-16(13-6-4-5-7-13)17(21)19(2)14-8-10-15(11-9-14)24(3,22)23/h8-11,13,16H,4-7H2,1-3H3,(H,18,20). The second-order valence-electron chi connectivity index (χ2n) is 6.39. The van der Waals surface area contributed by atoms with E-state index in [0.29, 0.717) is 5.69 Å². The minimum absolute atomic E-state index is 0.152. The average molecular weight is 352 g/mol. The Morgan fingerprint density at radius 2 is 1.71 bits per heavy atom. The Morgan fingerprint density at radius 1 is 1.17 bits per heavy atom. The number of hydrogen-bond donors (Lipinski definition) is 1. The van der Waals surface area contributed by atoms with Crippen molar-refractivity contribution in [1.29, 1.82) is 0 Å². The molecule has 1 saturated carbocycles. The molecule has 1 aliphatic carbocycles. The number of rotatable bonds is 5. The van der Waals surface area contributed by atoms with Crippen LogP contribution in [0.4, 0.5) is 5.69 Å². The van der Waals surface area contributed by atoms with Crippen molar-refractivity contribution >= 4 is 27.3 Å². The summed E-state index contributed by atoms with van der Waals surface area (Å²) in [5.74, 6) is -0.246. The van der Waals surface area contributed by atoms with Gasteiger partial charge in [0.15, 0.2) is 9.84 Å². The van der Waals surface area contributed by atoms with Gasteiger partial charge < -0.3 is 10.2 Å². The molecule has 0 aliphatic heterocycles. The molecule has 1 aromatic carbocycles. The number of hydrogen-bond acceptors (Lipinski definition) is 4. The van der Waals surface area contributed by atoms with E-state index >= 15 is 0 Å². The lowest BCUT2D eigenvalue weighted by Crippen LogP contribution is -2.50. The maximum Gasteiger partial charge on any atom is 0.249 e. The summed E-state index contributed by atoms with van der Waals surface area (Å²) >= 11 is 0.